The normalized spacial score (nSPS) is 16.3. The Kier molecular flexibility index (Phi) is 11.0. The number of unbranched alkanes of at least 4 members (excludes halogenated alkanes) is 6. The summed E-state index contributed by atoms with van der Waals surface area (Å²) in [6, 6.07) is 0. The molecule has 2 unspecified atom stereocenters. The van der Waals surface area contributed by atoms with Gasteiger partial charge >= 0.3 is 11.9 Å². The van der Waals surface area contributed by atoms with Crippen LogP contribution in [-0.4, -0.2) is 22.2 Å². The molecule has 2 atom stereocenters. The SMILES string of the molecule is CCCCCCC(CC)(C(=O)O)C(CC)(CCCCCC)C(=O)O. The molecule has 0 fully saturated rings. The molecule has 0 spiro atoms. The fraction of sp³-hybridized carbons (Fsp3) is 0.900. The van der Waals surface area contributed by atoms with Crippen LogP contribution in [0.25, 0.3) is 0 Å². The lowest BCUT2D eigenvalue weighted by Gasteiger charge is -2.45. The molecule has 4 nitrogen and oxygen atoms in total. The van der Waals surface area contributed by atoms with Crippen molar-refractivity contribution < 1.29 is 19.8 Å². The minimum atomic E-state index is -1.16. The Morgan fingerprint density at radius 1 is 0.625 bits per heavy atom. The van der Waals surface area contributed by atoms with Crippen molar-refractivity contribution in [2.45, 2.75) is 105 Å². The molecule has 0 saturated carbocycles. The smallest absolute Gasteiger partial charge is 0.310 e. The number of hydrogen-bond donors (Lipinski definition) is 2. The van der Waals surface area contributed by atoms with Crippen molar-refractivity contribution in [1.82, 2.24) is 0 Å². The Balaban J connectivity index is 5.54. The maximum Gasteiger partial charge on any atom is 0.310 e. The molecule has 0 rings (SSSR count). The van der Waals surface area contributed by atoms with Gasteiger partial charge in [-0.2, -0.15) is 0 Å². The van der Waals surface area contributed by atoms with Gasteiger partial charge in [0.15, 0.2) is 0 Å². The fourth-order valence-corrected chi connectivity index (χ4v) is 4.14. The molecule has 24 heavy (non-hydrogen) atoms. The van der Waals surface area contributed by atoms with Crippen molar-refractivity contribution in [3.05, 3.63) is 0 Å². The van der Waals surface area contributed by atoms with E-state index in [2.05, 4.69) is 13.8 Å². The van der Waals surface area contributed by atoms with E-state index in [1.807, 2.05) is 13.8 Å². The maximum absolute atomic E-state index is 12.3. The molecule has 0 aliphatic rings. The second-order valence-corrected chi connectivity index (χ2v) is 7.10. The van der Waals surface area contributed by atoms with Crippen molar-refractivity contribution in [2.75, 3.05) is 0 Å². The molecular weight excluding hydrogens is 304 g/mol. The quantitative estimate of drug-likeness (QED) is 0.364. The van der Waals surface area contributed by atoms with Crippen LogP contribution in [0.15, 0.2) is 0 Å². The first-order valence-corrected chi connectivity index (χ1v) is 9.85. The Morgan fingerprint density at radius 2 is 0.958 bits per heavy atom. The van der Waals surface area contributed by atoms with Crippen LogP contribution >= 0.6 is 0 Å². The van der Waals surface area contributed by atoms with E-state index in [0.29, 0.717) is 25.7 Å². The fourth-order valence-electron chi connectivity index (χ4n) is 4.14. The van der Waals surface area contributed by atoms with Gasteiger partial charge in [0.25, 0.3) is 0 Å². The lowest BCUT2D eigenvalue weighted by molar-refractivity contribution is -0.178. The summed E-state index contributed by atoms with van der Waals surface area (Å²) in [6.07, 6.45) is 9.52. The zero-order chi connectivity index (χ0) is 18.6. The van der Waals surface area contributed by atoms with Gasteiger partial charge in [-0.1, -0.05) is 79.1 Å². The minimum Gasteiger partial charge on any atom is -0.481 e. The van der Waals surface area contributed by atoms with Gasteiger partial charge < -0.3 is 10.2 Å². The molecule has 0 aromatic heterocycles. The van der Waals surface area contributed by atoms with Gasteiger partial charge in [0.1, 0.15) is 0 Å². The largest absolute Gasteiger partial charge is 0.481 e. The average molecular weight is 343 g/mol. The van der Waals surface area contributed by atoms with Crippen LogP contribution in [0.1, 0.15) is 105 Å². The molecule has 0 amide bonds. The Labute approximate surface area is 148 Å². The van der Waals surface area contributed by atoms with Gasteiger partial charge in [0.2, 0.25) is 0 Å². The zero-order valence-corrected chi connectivity index (χ0v) is 16.2. The van der Waals surface area contributed by atoms with E-state index in [1.54, 1.807) is 0 Å². The molecule has 0 aromatic rings. The Hall–Kier alpha value is -1.06. The predicted octanol–water partition coefficient (Wildman–Crippen LogP) is 5.89. The molecule has 142 valence electrons. The summed E-state index contributed by atoms with van der Waals surface area (Å²) < 4.78 is 0. The van der Waals surface area contributed by atoms with E-state index in [9.17, 15) is 19.8 Å². The second-order valence-electron chi connectivity index (χ2n) is 7.10. The van der Waals surface area contributed by atoms with Crippen molar-refractivity contribution in [1.29, 1.82) is 0 Å². The summed E-state index contributed by atoms with van der Waals surface area (Å²) in [5, 5.41) is 20.1. The maximum atomic E-state index is 12.3. The number of aliphatic carboxylic acids is 2. The number of carboxylic acid groups (broad SMARTS) is 2. The van der Waals surface area contributed by atoms with E-state index in [4.69, 9.17) is 0 Å². The third-order valence-corrected chi connectivity index (χ3v) is 5.86. The van der Waals surface area contributed by atoms with Gasteiger partial charge in [-0.05, 0) is 25.7 Å². The molecule has 0 bridgehead atoms. The Morgan fingerprint density at radius 3 is 1.17 bits per heavy atom. The topological polar surface area (TPSA) is 74.6 Å². The summed E-state index contributed by atoms with van der Waals surface area (Å²) in [6.45, 7) is 7.91. The van der Waals surface area contributed by atoms with Crippen molar-refractivity contribution >= 4 is 11.9 Å². The predicted molar refractivity (Wildman–Crippen MR) is 98.2 cm³/mol. The summed E-state index contributed by atoms with van der Waals surface area (Å²) in [5.74, 6) is -1.86. The summed E-state index contributed by atoms with van der Waals surface area (Å²) in [5.41, 5.74) is -2.32. The molecule has 0 saturated heterocycles. The van der Waals surface area contributed by atoms with Crippen LogP contribution < -0.4 is 0 Å². The number of hydrogen-bond acceptors (Lipinski definition) is 2. The monoisotopic (exact) mass is 342 g/mol. The Bertz CT molecular complexity index is 344. The summed E-state index contributed by atoms with van der Waals surface area (Å²) in [4.78, 5) is 24.5. The summed E-state index contributed by atoms with van der Waals surface area (Å²) >= 11 is 0. The second kappa shape index (κ2) is 11.5. The lowest BCUT2D eigenvalue weighted by Crippen LogP contribution is -2.52. The van der Waals surface area contributed by atoms with Gasteiger partial charge in [0.05, 0.1) is 10.8 Å². The molecule has 4 heteroatoms. The van der Waals surface area contributed by atoms with Gasteiger partial charge in [-0.25, -0.2) is 0 Å². The van der Waals surface area contributed by atoms with E-state index in [1.165, 1.54) is 0 Å². The highest BCUT2D eigenvalue weighted by Gasteiger charge is 2.58. The van der Waals surface area contributed by atoms with Crippen LogP contribution in [0.3, 0.4) is 0 Å². The molecule has 0 aliphatic heterocycles. The molecular formula is C20H38O4. The van der Waals surface area contributed by atoms with E-state index in [0.717, 1.165) is 51.4 Å². The molecule has 0 aromatic carbocycles. The molecule has 2 N–H and O–H groups in total. The zero-order valence-electron chi connectivity index (χ0n) is 16.2. The van der Waals surface area contributed by atoms with Crippen LogP contribution in [-0.2, 0) is 9.59 Å². The molecule has 0 radical (unpaired) electrons. The average Bonchev–Trinajstić information content (AvgIpc) is 2.56. The van der Waals surface area contributed by atoms with E-state index >= 15 is 0 Å². The minimum absolute atomic E-state index is 0.377. The van der Waals surface area contributed by atoms with Crippen LogP contribution in [0, 0.1) is 10.8 Å². The molecule has 0 heterocycles. The first kappa shape index (κ1) is 22.9. The number of rotatable bonds is 15. The van der Waals surface area contributed by atoms with Gasteiger partial charge in [-0.15, -0.1) is 0 Å². The van der Waals surface area contributed by atoms with Gasteiger partial charge in [0, 0.05) is 0 Å². The highest BCUT2D eigenvalue weighted by atomic mass is 16.4. The lowest BCUT2D eigenvalue weighted by atomic mass is 9.56. The molecule has 0 aliphatic carbocycles. The van der Waals surface area contributed by atoms with Gasteiger partial charge in [-0.3, -0.25) is 9.59 Å². The first-order valence-electron chi connectivity index (χ1n) is 9.85. The summed E-state index contributed by atoms with van der Waals surface area (Å²) in [7, 11) is 0. The first-order chi connectivity index (χ1) is 11.4. The van der Waals surface area contributed by atoms with E-state index < -0.39 is 22.8 Å². The van der Waals surface area contributed by atoms with Crippen LogP contribution in [0.2, 0.25) is 0 Å². The van der Waals surface area contributed by atoms with Crippen LogP contribution in [0.5, 0.6) is 0 Å². The third-order valence-electron chi connectivity index (χ3n) is 5.86. The third kappa shape index (κ3) is 5.22. The van der Waals surface area contributed by atoms with Crippen molar-refractivity contribution in [2.24, 2.45) is 10.8 Å². The van der Waals surface area contributed by atoms with Crippen molar-refractivity contribution in [3.63, 3.8) is 0 Å². The number of carbonyl (C=O) groups is 2. The van der Waals surface area contributed by atoms with Crippen molar-refractivity contribution in [3.8, 4) is 0 Å². The number of carboxylic acids is 2. The highest BCUT2D eigenvalue weighted by Crippen LogP contribution is 2.52. The van der Waals surface area contributed by atoms with Crippen LogP contribution in [0.4, 0.5) is 0 Å². The standard InChI is InChI=1S/C20H38O4/c1-5-9-11-13-15-19(7-3,17(21)22)20(8-4,18(23)24)16-14-12-10-6-2/h5-16H2,1-4H3,(H,21,22)(H,23,24). The van der Waals surface area contributed by atoms with E-state index in [-0.39, 0.29) is 0 Å². The highest BCUT2D eigenvalue weighted by molar-refractivity contribution is 5.86.